The molecule has 0 radical (unpaired) electrons. The highest BCUT2D eigenvalue weighted by molar-refractivity contribution is 7.98. The molecule has 0 bridgehead atoms. The SMILES string of the molecule is CCCn1c(SC)nc(COC(C)=O)c1COC(C)=O.Cl. The molecule has 0 saturated heterocycles. The summed E-state index contributed by atoms with van der Waals surface area (Å²) in [5, 5.41) is 0.830. The molecule has 0 aromatic carbocycles. The van der Waals surface area contributed by atoms with Crippen LogP contribution in [0.4, 0.5) is 0 Å². The number of ether oxygens (including phenoxy) is 2. The maximum atomic E-state index is 11.0. The summed E-state index contributed by atoms with van der Waals surface area (Å²) < 4.78 is 12.1. The molecular formula is C13H21ClN2O4S. The van der Waals surface area contributed by atoms with Gasteiger partial charge in [-0.3, -0.25) is 9.59 Å². The maximum absolute atomic E-state index is 11.0. The zero-order chi connectivity index (χ0) is 15.1. The van der Waals surface area contributed by atoms with Gasteiger partial charge in [-0.15, -0.1) is 12.4 Å². The zero-order valence-electron chi connectivity index (χ0n) is 12.7. The number of hydrogen-bond donors (Lipinski definition) is 0. The summed E-state index contributed by atoms with van der Waals surface area (Å²) in [5.41, 5.74) is 1.42. The van der Waals surface area contributed by atoms with Crippen molar-refractivity contribution in [2.24, 2.45) is 0 Å². The van der Waals surface area contributed by atoms with Crippen molar-refractivity contribution in [2.75, 3.05) is 6.26 Å². The second-order valence-electron chi connectivity index (χ2n) is 4.20. The van der Waals surface area contributed by atoms with Gasteiger partial charge < -0.3 is 14.0 Å². The first kappa shape index (κ1) is 19.8. The Balaban J connectivity index is 0.00000400. The topological polar surface area (TPSA) is 70.4 Å². The lowest BCUT2D eigenvalue weighted by molar-refractivity contribution is -0.144. The number of halogens is 1. The van der Waals surface area contributed by atoms with Gasteiger partial charge in [0.1, 0.15) is 18.9 Å². The van der Waals surface area contributed by atoms with Crippen LogP contribution in [0.2, 0.25) is 0 Å². The van der Waals surface area contributed by atoms with E-state index < -0.39 is 0 Å². The summed E-state index contributed by atoms with van der Waals surface area (Å²) in [6.45, 7) is 5.78. The normalized spacial score (nSPS) is 9.90. The Morgan fingerprint density at radius 2 is 1.76 bits per heavy atom. The molecule has 1 rings (SSSR count). The van der Waals surface area contributed by atoms with Crippen molar-refractivity contribution in [1.29, 1.82) is 0 Å². The Hall–Kier alpha value is -1.21. The lowest BCUT2D eigenvalue weighted by Crippen LogP contribution is -2.10. The van der Waals surface area contributed by atoms with Crippen molar-refractivity contribution in [3.05, 3.63) is 11.4 Å². The first-order valence-corrected chi connectivity index (χ1v) is 7.61. The molecule has 0 aliphatic heterocycles. The standard InChI is InChI=1S/C13H20N2O4S.ClH/c1-5-6-15-12(8-19-10(3)17)11(7-18-9(2)16)14-13(15)20-4;/h5-8H2,1-4H3;1H. The van der Waals surface area contributed by atoms with E-state index in [0.29, 0.717) is 5.69 Å². The van der Waals surface area contributed by atoms with Gasteiger partial charge in [0, 0.05) is 20.4 Å². The molecule has 0 amide bonds. The Morgan fingerprint density at radius 1 is 1.19 bits per heavy atom. The number of hydrogen-bond acceptors (Lipinski definition) is 6. The summed E-state index contributed by atoms with van der Waals surface area (Å²) in [6, 6.07) is 0. The van der Waals surface area contributed by atoms with E-state index in [4.69, 9.17) is 9.47 Å². The molecule has 21 heavy (non-hydrogen) atoms. The minimum atomic E-state index is -0.362. The monoisotopic (exact) mass is 336 g/mol. The molecule has 1 heterocycles. The maximum Gasteiger partial charge on any atom is 0.303 e. The lowest BCUT2D eigenvalue weighted by atomic mass is 10.3. The average Bonchev–Trinajstić information content (AvgIpc) is 2.72. The number of esters is 2. The quantitative estimate of drug-likeness (QED) is 0.563. The molecular weight excluding hydrogens is 316 g/mol. The van der Waals surface area contributed by atoms with Gasteiger partial charge in [-0.2, -0.15) is 0 Å². The first-order chi connectivity index (χ1) is 9.49. The third-order valence-electron chi connectivity index (χ3n) is 2.57. The van der Waals surface area contributed by atoms with E-state index in [2.05, 4.69) is 11.9 Å². The van der Waals surface area contributed by atoms with E-state index in [-0.39, 0.29) is 37.6 Å². The molecule has 6 nitrogen and oxygen atoms in total. The van der Waals surface area contributed by atoms with Crippen LogP contribution in [0, 0.1) is 0 Å². The Morgan fingerprint density at radius 3 is 2.24 bits per heavy atom. The smallest absolute Gasteiger partial charge is 0.303 e. The van der Waals surface area contributed by atoms with Gasteiger partial charge >= 0.3 is 11.9 Å². The number of aromatic nitrogens is 2. The summed E-state index contributed by atoms with van der Waals surface area (Å²) in [4.78, 5) is 26.4. The molecule has 0 unspecified atom stereocenters. The van der Waals surface area contributed by atoms with E-state index in [1.807, 2.05) is 10.8 Å². The molecule has 0 spiro atoms. The molecule has 1 aromatic heterocycles. The van der Waals surface area contributed by atoms with Crippen molar-refractivity contribution >= 4 is 36.1 Å². The molecule has 0 aliphatic carbocycles. The molecule has 120 valence electrons. The minimum Gasteiger partial charge on any atom is -0.459 e. The summed E-state index contributed by atoms with van der Waals surface area (Å²) in [6.07, 6.45) is 2.86. The fourth-order valence-electron chi connectivity index (χ4n) is 1.74. The van der Waals surface area contributed by atoms with Gasteiger partial charge in [0.05, 0.1) is 5.69 Å². The zero-order valence-corrected chi connectivity index (χ0v) is 14.3. The predicted octanol–water partition coefficient (Wildman–Crippen LogP) is 2.56. The van der Waals surface area contributed by atoms with Gasteiger partial charge in [0.15, 0.2) is 5.16 Å². The van der Waals surface area contributed by atoms with Gasteiger partial charge in [0.25, 0.3) is 0 Å². The molecule has 0 saturated carbocycles. The number of rotatable bonds is 7. The van der Waals surface area contributed by atoms with Crippen LogP contribution in [-0.4, -0.2) is 27.7 Å². The second kappa shape index (κ2) is 9.68. The third-order valence-corrected chi connectivity index (χ3v) is 3.25. The van der Waals surface area contributed by atoms with Crippen molar-refractivity contribution in [1.82, 2.24) is 9.55 Å². The van der Waals surface area contributed by atoms with Gasteiger partial charge in [-0.05, 0) is 12.7 Å². The van der Waals surface area contributed by atoms with Gasteiger partial charge in [0.2, 0.25) is 0 Å². The van der Waals surface area contributed by atoms with Crippen LogP contribution >= 0.6 is 24.2 Å². The Bertz CT molecular complexity index is 491. The predicted molar refractivity (Wildman–Crippen MR) is 82.5 cm³/mol. The lowest BCUT2D eigenvalue weighted by Gasteiger charge is -2.10. The van der Waals surface area contributed by atoms with Crippen LogP contribution in [0.1, 0.15) is 38.6 Å². The van der Waals surface area contributed by atoms with Crippen LogP contribution in [-0.2, 0) is 38.8 Å². The van der Waals surface area contributed by atoms with Crippen molar-refractivity contribution < 1.29 is 19.1 Å². The fraction of sp³-hybridized carbons (Fsp3) is 0.615. The third kappa shape index (κ3) is 5.97. The van der Waals surface area contributed by atoms with E-state index in [1.54, 1.807) is 0 Å². The van der Waals surface area contributed by atoms with Gasteiger partial charge in [-0.25, -0.2) is 4.98 Å². The van der Waals surface area contributed by atoms with E-state index in [9.17, 15) is 9.59 Å². The number of thioether (sulfide) groups is 1. The van der Waals surface area contributed by atoms with Crippen molar-refractivity contribution in [2.45, 2.75) is 52.1 Å². The minimum absolute atomic E-state index is 0. The summed E-state index contributed by atoms with van der Waals surface area (Å²) in [5.74, 6) is -0.711. The molecule has 0 atom stereocenters. The number of carbonyl (C=O) groups is 2. The molecule has 0 aliphatic rings. The molecule has 0 N–H and O–H groups in total. The van der Waals surface area contributed by atoms with Crippen LogP contribution in [0.5, 0.6) is 0 Å². The highest BCUT2D eigenvalue weighted by atomic mass is 35.5. The highest BCUT2D eigenvalue weighted by Crippen LogP contribution is 2.22. The average molecular weight is 337 g/mol. The van der Waals surface area contributed by atoms with E-state index in [0.717, 1.165) is 23.8 Å². The van der Waals surface area contributed by atoms with E-state index >= 15 is 0 Å². The first-order valence-electron chi connectivity index (χ1n) is 6.38. The largest absolute Gasteiger partial charge is 0.459 e. The van der Waals surface area contributed by atoms with Crippen LogP contribution in [0.25, 0.3) is 0 Å². The highest BCUT2D eigenvalue weighted by Gasteiger charge is 2.18. The van der Waals surface area contributed by atoms with Crippen LogP contribution in [0.3, 0.4) is 0 Å². The molecule has 0 fully saturated rings. The summed E-state index contributed by atoms with van der Waals surface area (Å²) in [7, 11) is 0. The fourth-order valence-corrected chi connectivity index (χ4v) is 2.36. The van der Waals surface area contributed by atoms with Crippen molar-refractivity contribution in [3.63, 3.8) is 0 Å². The Kier molecular flexibility index (Phi) is 9.12. The number of imidazole rings is 1. The molecule has 8 heteroatoms. The number of carbonyl (C=O) groups excluding carboxylic acids is 2. The Labute approximate surface area is 135 Å². The number of nitrogens with zero attached hydrogens (tertiary/aromatic N) is 2. The molecule has 1 aromatic rings. The van der Waals surface area contributed by atoms with E-state index in [1.165, 1.54) is 25.6 Å². The van der Waals surface area contributed by atoms with Crippen LogP contribution < -0.4 is 0 Å². The van der Waals surface area contributed by atoms with Crippen LogP contribution in [0.15, 0.2) is 5.16 Å². The van der Waals surface area contributed by atoms with Gasteiger partial charge in [-0.1, -0.05) is 18.7 Å². The van der Waals surface area contributed by atoms with Crippen molar-refractivity contribution in [3.8, 4) is 0 Å². The second-order valence-corrected chi connectivity index (χ2v) is 4.98. The summed E-state index contributed by atoms with van der Waals surface area (Å²) >= 11 is 1.51.